The molecule has 2 aromatic heterocycles. The maximum absolute atomic E-state index is 5.64. The maximum atomic E-state index is 5.64. The molecule has 0 unspecified atom stereocenters. The molecule has 4 rings (SSSR count). The molecule has 0 fully saturated rings. The van der Waals surface area contributed by atoms with E-state index < -0.39 is 0 Å². The number of rotatable bonds is 4. The first-order valence-electron chi connectivity index (χ1n) is 10.7. The highest BCUT2D eigenvalue weighted by atomic mass is 32.1. The molecule has 0 spiro atoms. The summed E-state index contributed by atoms with van der Waals surface area (Å²) in [6.45, 7) is 13.3. The smallest absolute Gasteiger partial charge is 0.155 e. The average Bonchev–Trinajstić information content (AvgIpc) is 3.30. The van der Waals surface area contributed by atoms with E-state index in [1.54, 1.807) is 36.9 Å². The van der Waals surface area contributed by atoms with Crippen LogP contribution in [0.4, 0.5) is 0 Å². The van der Waals surface area contributed by atoms with Gasteiger partial charge in [0.1, 0.15) is 21.5 Å². The summed E-state index contributed by atoms with van der Waals surface area (Å²) < 4.78 is 11.3. The van der Waals surface area contributed by atoms with Crippen LogP contribution in [0.1, 0.15) is 52.7 Å². The fourth-order valence-corrected chi connectivity index (χ4v) is 5.64. The Morgan fingerprint density at radius 1 is 0.625 bits per heavy atom. The molecular formula is C26H30N2O2S2. The van der Waals surface area contributed by atoms with Crippen molar-refractivity contribution < 1.29 is 9.47 Å². The van der Waals surface area contributed by atoms with Gasteiger partial charge in [-0.25, -0.2) is 9.97 Å². The van der Waals surface area contributed by atoms with Crippen molar-refractivity contribution in [3.63, 3.8) is 0 Å². The average molecular weight is 467 g/mol. The minimum Gasteiger partial charge on any atom is -0.496 e. The van der Waals surface area contributed by atoms with Gasteiger partial charge >= 0.3 is 0 Å². The van der Waals surface area contributed by atoms with E-state index in [0.29, 0.717) is 0 Å². The number of fused-ring (bicyclic) bond motifs is 1. The highest BCUT2D eigenvalue weighted by Gasteiger charge is 2.22. The molecule has 2 heterocycles. The minimum atomic E-state index is 0.0513. The van der Waals surface area contributed by atoms with Crippen molar-refractivity contribution in [1.29, 1.82) is 0 Å². The summed E-state index contributed by atoms with van der Waals surface area (Å²) in [5, 5.41) is 1.87. The summed E-state index contributed by atoms with van der Waals surface area (Å²) in [5.41, 5.74) is 4.65. The van der Waals surface area contributed by atoms with Crippen molar-refractivity contribution in [3.05, 3.63) is 47.5 Å². The van der Waals surface area contributed by atoms with Crippen molar-refractivity contribution in [2.45, 2.75) is 52.4 Å². The number of hydrogen-bond acceptors (Lipinski definition) is 6. The van der Waals surface area contributed by atoms with Crippen LogP contribution >= 0.6 is 22.7 Å². The fourth-order valence-electron chi connectivity index (χ4n) is 3.56. The van der Waals surface area contributed by atoms with Crippen molar-refractivity contribution in [1.82, 2.24) is 9.97 Å². The summed E-state index contributed by atoms with van der Waals surface area (Å²) in [6.07, 6.45) is 0. The summed E-state index contributed by atoms with van der Waals surface area (Å²) in [4.78, 5) is 11.8. The second-order valence-corrected chi connectivity index (χ2v) is 11.9. The molecule has 32 heavy (non-hydrogen) atoms. The minimum absolute atomic E-state index is 0.0513. The van der Waals surface area contributed by atoms with Crippen LogP contribution in [0.2, 0.25) is 0 Å². The first-order valence-corrected chi connectivity index (χ1v) is 12.3. The van der Waals surface area contributed by atoms with Gasteiger partial charge in [0.05, 0.1) is 25.3 Å². The molecule has 0 aliphatic carbocycles. The van der Waals surface area contributed by atoms with Crippen LogP contribution in [0.3, 0.4) is 0 Å². The Labute approximate surface area is 198 Å². The Balaban J connectivity index is 1.79. The monoisotopic (exact) mass is 466 g/mol. The van der Waals surface area contributed by atoms with E-state index in [1.807, 2.05) is 12.1 Å². The molecular weight excluding hydrogens is 436 g/mol. The van der Waals surface area contributed by atoms with Gasteiger partial charge in [-0.05, 0) is 46.2 Å². The van der Waals surface area contributed by atoms with Gasteiger partial charge in [0.25, 0.3) is 0 Å². The molecule has 0 saturated carbocycles. The summed E-state index contributed by atoms with van der Waals surface area (Å²) >= 11 is 3.21. The molecule has 168 valence electrons. The number of benzene rings is 2. The van der Waals surface area contributed by atoms with Gasteiger partial charge < -0.3 is 9.47 Å². The van der Waals surface area contributed by atoms with Gasteiger partial charge in [-0.3, -0.25) is 0 Å². The SMILES string of the molecule is COc1ccc(C(C)(C)C)cc1-c1nc2sc(-c3cc(C(C)(C)C)ccc3OC)nc2s1. The lowest BCUT2D eigenvalue weighted by molar-refractivity contribution is 0.415. The highest BCUT2D eigenvalue weighted by molar-refractivity contribution is 7.29. The standard InChI is InChI=1S/C26H30N2O2S2/c1-25(2,3)15-9-11-19(29-7)17(13-15)21-27-23-24(31-21)28-22(32-23)18-14-16(26(4,5)6)10-12-20(18)30-8/h9-14H,1-8H3. The molecule has 4 aromatic rings. The predicted molar refractivity (Wildman–Crippen MR) is 137 cm³/mol. The summed E-state index contributed by atoms with van der Waals surface area (Å²) in [7, 11) is 3.41. The molecule has 0 aliphatic rings. The van der Waals surface area contributed by atoms with E-state index in [0.717, 1.165) is 42.3 Å². The van der Waals surface area contributed by atoms with Gasteiger partial charge in [-0.15, -0.1) is 0 Å². The molecule has 0 N–H and O–H groups in total. The van der Waals surface area contributed by atoms with E-state index in [-0.39, 0.29) is 10.8 Å². The summed E-state index contributed by atoms with van der Waals surface area (Å²) in [5.74, 6) is 1.67. The van der Waals surface area contributed by atoms with Crippen molar-refractivity contribution >= 4 is 32.3 Å². The zero-order valence-corrected chi connectivity index (χ0v) is 21.6. The second-order valence-electron chi connectivity index (χ2n) is 9.98. The number of aromatic nitrogens is 2. The lowest BCUT2D eigenvalue weighted by Gasteiger charge is -2.20. The fraction of sp³-hybridized carbons (Fsp3) is 0.385. The molecule has 0 radical (unpaired) electrons. The maximum Gasteiger partial charge on any atom is 0.155 e. The highest BCUT2D eigenvalue weighted by Crippen LogP contribution is 2.43. The zero-order chi connectivity index (χ0) is 23.3. The van der Waals surface area contributed by atoms with Crippen molar-refractivity contribution in [2.75, 3.05) is 14.2 Å². The van der Waals surface area contributed by atoms with Gasteiger partial charge in [0, 0.05) is 0 Å². The quantitative estimate of drug-likeness (QED) is 0.309. The Hall–Kier alpha value is -2.44. The van der Waals surface area contributed by atoms with Crippen LogP contribution in [0.5, 0.6) is 11.5 Å². The first-order chi connectivity index (χ1) is 15.0. The van der Waals surface area contributed by atoms with Crippen molar-refractivity contribution in [2.24, 2.45) is 0 Å². The number of methoxy groups -OCH3 is 2. The van der Waals surface area contributed by atoms with E-state index in [2.05, 4.69) is 65.8 Å². The van der Waals surface area contributed by atoms with Gasteiger partial charge in [0.15, 0.2) is 9.66 Å². The number of thiazole rings is 2. The second kappa shape index (κ2) is 8.16. The molecule has 4 nitrogen and oxygen atoms in total. The normalized spacial score (nSPS) is 12.4. The Kier molecular flexibility index (Phi) is 5.80. The topological polar surface area (TPSA) is 44.2 Å². The first kappa shape index (κ1) is 22.7. The van der Waals surface area contributed by atoms with E-state index in [4.69, 9.17) is 19.4 Å². The third kappa shape index (κ3) is 4.26. The number of nitrogens with zero attached hydrogens (tertiary/aromatic N) is 2. The Morgan fingerprint density at radius 2 is 1.00 bits per heavy atom. The summed E-state index contributed by atoms with van der Waals surface area (Å²) in [6, 6.07) is 12.7. The lowest BCUT2D eigenvalue weighted by atomic mass is 9.86. The largest absolute Gasteiger partial charge is 0.496 e. The zero-order valence-electron chi connectivity index (χ0n) is 20.0. The molecule has 0 atom stereocenters. The third-order valence-corrected chi connectivity index (χ3v) is 7.66. The molecule has 2 aromatic carbocycles. The molecule has 0 saturated heterocycles. The predicted octanol–water partition coefficient (Wildman–Crippen LogP) is 7.70. The molecule has 0 aliphatic heterocycles. The third-order valence-electron chi connectivity index (χ3n) is 5.57. The van der Waals surface area contributed by atoms with Crippen LogP contribution < -0.4 is 9.47 Å². The number of hydrogen-bond donors (Lipinski definition) is 0. The van der Waals surface area contributed by atoms with Gasteiger partial charge in [-0.2, -0.15) is 0 Å². The van der Waals surface area contributed by atoms with Crippen LogP contribution in [0.25, 0.3) is 30.8 Å². The molecule has 0 bridgehead atoms. The van der Waals surface area contributed by atoms with Crippen LogP contribution in [0, 0.1) is 0 Å². The van der Waals surface area contributed by atoms with Crippen molar-refractivity contribution in [3.8, 4) is 32.6 Å². The molecule has 0 amide bonds. The Bertz CT molecular complexity index is 1150. The van der Waals surface area contributed by atoms with Crippen LogP contribution in [0.15, 0.2) is 36.4 Å². The van der Waals surface area contributed by atoms with Crippen LogP contribution in [-0.4, -0.2) is 24.2 Å². The van der Waals surface area contributed by atoms with Gasteiger partial charge in [-0.1, -0.05) is 76.3 Å². The lowest BCUT2D eigenvalue weighted by Crippen LogP contribution is -2.11. The van der Waals surface area contributed by atoms with Gasteiger partial charge in [0.2, 0.25) is 0 Å². The van der Waals surface area contributed by atoms with Crippen LogP contribution in [-0.2, 0) is 10.8 Å². The number of ether oxygens (including phenoxy) is 2. The molecule has 6 heteroatoms. The Morgan fingerprint density at radius 3 is 1.31 bits per heavy atom. The van der Waals surface area contributed by atoms with E-state index >= 15 is 0 Å². The van der Waals surface area contributed by atoms with E-state index in [9.17, 15) is 0 Å². The van der Waals surface area contributed by atoms with E-state index in [1.165, 1.54) is 11.1 Å².